The van der Waals surface area contributed by atoms with Gasteiger partial charge in [-0.05, 0) is 24.5 Å². The van der Waals surface area contributed by atoms with E-state index in [1.807, 2.05) is 6.07 Å². The lowest BCUT2D eigenvalue weighted by Crippen LogP contribution is -2.28. The Morgan fingerprint density at radius 1 is 1.33 bits per heavy atom. The Bertz CT molecular complexity index is 557. The van der Waals surface area contributed by atoms with Crippen molar-refractivity contribution in [1.29, 1.82) is 5.26 Å². The zero-order chi connectivity index (χ0) is 13.0. The van der Waals surface area contributed by atoms with E-state index in [2.05, 4.69) is 4.72 Å². The second-order valence-corrected chi connectivity index (χ2v) is 6.33. The monoisotopic (exact) mass is 264 g/mol. The van der Waals surface area contributed by atoms with Crippen LogP contribution in [0.1, 0.15) is 31.2 Å². The average Bonchev–Trinajstić information content (AvgIpc) is 2.32. The SMILES string of the molecule is N#Cc1ccccc1S(=O)(=O)NCCC1CCC1. The molecule has 1 saturated carbocycles. The highest BCUT2D eigenvalue weighted by Gasteiger charge is 2.20. The van der Waals surface area contributed by atoms with Gasteiger partial charge in [-0.25, -0.2) is 13.1 Å². The number of hydrogen-bond acceptors (Lipinski definition) is 3. The van der Waals surface area contributed by atoms with Crippen LogP contribution in [0.2, 0.25) is 0 Å². The van der Waals surface area contributed by atoms with E-state index in [4.69, 9.17) is 5.26 Å². The quantitative estimate of drug-likeness (QED) is 0.884. The fraction of sp³-hybridized carbons (Fsp3) is 0.462. The van der Waals surface area contributed by atoms with Crippen molar-refractivity contribution in [2.24, 2.45) is 5.92 Å². The molecular weight excluding hydrogens is 248 g/mol. The maximum Gasteiger partial charge on any atom is 0.241 e. The normalized spacial score (nSPS) is 15.9. The minimum absolute atomic E-state index is 0.0705. The zero-order valence-electron chi connectivity index (χ0n) is 10.1. The van der Waals surface area contributed by atoms with Crippen molar-refractivity contribution in [3.8, 4) is 6.07 Å². The maximum atomic E-state index is 12.0. The summed E-state index contributed by atoms with van der Waals surface area (Å²) in [4.78, 5) is 0.0705. The summed E-state index contributed by atoms with van der Waals surface area (Å²) in [6.45, 7) is 0.451. The van der Waals surface area contributed by atoms with Gasteiger partial charge in [0.05, 0.1) is 10.5 Å². The van der Waals surface area contributed by atoms with Gasteiger partial charge in [0.1, 0.15) is 6.07 Å². The predicted molar refractivity (Wildman–Crippen MR) is 68.3 cm³/mol. The van der Waals surface area contributed by atoms with Crippen LogP contribution in [0.3, 0.4) is 0 Å². The third-order valence-corrected chi connectivity index (χ3v) is 4.89. The smallest absolute Gasteiger partial charge is 0.211 e. The fourth-order valence-electron chi connectivity index (χ4n) is 2.05. The van der Waals surface area contributed by atoms with Crippen molar-refractivity contribution in [2.75, 3.05) is 6.54 Å². The Morgan fingerprint density at radius 2 is 2.06 bits per heavy atom. The van der Waals surface area contributed by atoms with Gasteiger partial charge in [-0.3, -0.25) is 0 Å². The minimum atomic E-state index is -3.56. The van der Waals surface area contributed by atoms with Crippen LogP contribution in [-0.4, -0.2) is 15.0 Å². The van der Waals surface area contributed by atoms with Crippen LogP contribution in [0, 0.1) is 17.2 Å². The van der Waals surface area contributed by atoms with Crippen molar-refractivity contribution in [2.45, 2.75) is 30.6 Å². The lowest BCUT2D eigenvalue weighted by molar-refractivity contribution is 0.297. The Kier molecular flexibility index (Phi) is 4.00. The van der Waals surface area contributed by atoms with Gasteiger partial charge in [-0.15, -0.1) is 0 Å². The molecule has 4 nitrogen and oxygen atoms in total. The van der Waals surface area contributed by atoms with Crippen molar-refractivity contribution >= 4 is 10.0 Å². The number of rotatable bonds is 5. The summed E-state index contributed by atoms with van der Waals surface area (Å²) in [5.74, 6) is 0.666. The maximum absolute atomic E-state index is 12.0. The second kappa shape index (κ2) is 5.51. The van der Waals surface area contributed by atoms with Gasteiger partial charge in [0.15, 0.2) is 0 Å². The van der Waals surface area contributed by atoms with Crippen LogP contribution < -0.4 is 4.72 Å². The van der Waals surface area contributed by atoms with Crippen molar-refractivity contribution in [3.05, 3.63) is 29.8 Å². The molecule has 0 radical (unpaired) electrons. The Balaban J connectivity index is 2.03. The molecule has 0 aliphatic heterocycles. The molecule has 1 N–H and O–H groups in total. The summed E-state index contributed by atoms with van der Waals surface area (Å²) in [7, 11) is -3.56. The molecule has 2 rings (SSSR count). The molecule has 1 aromatic rings. The fourth-order valence-corrected chi connectivity index (χ4v) is 3.25. The van der Waals surface area contributed by atoms with Gasteiger partial charge in [-0.1, -0.05) is 31.4 Å². The van der Waals surface area contributed by atoms with Crippen LogP contribution in [-0.2, 0) is 10.0 Å². The van der Waals surface area contributed by atoms with Gasteiger partial charge >= 0.3 is 0 Å². The molecule has 0 amide bonds. The Labute approximate surface area is 108 Å². The Morgan fingerprint density at radius 3 is 2.67 bits per heavy atom. The van der Waals surface area contributed by atoms with E-state index >= 15 is 0 Å². The lowest BCUT2D eigenvalue weighted by Gasteiger charge is -2.25. The molecule has 1 aromatic carbocycles. The highest BCUT2D eigenvalue weighted by atomic mass is 32.2. The summed E-state index contributed by atoms with van der Waals surface area (Å²) >= 11 is 0. The molecule has 18 heavy (non-hydrogen) atoms. The van der Waals surface area contributed by atoms with E-state index in [1.54, 1.807) is 12.1 Å². The summed E-state index contributed by atoms with van der Waals surface area (Å²) in [6.07, 6.45) is 4.55. The summed E-state index contributed by atoms with van der Waals surface area (Å²) in [6, 6.07) is 8.17. The van der Waals surface area contributed by atoms with Crippen molar-refractivity contribution in [3.63, 3.8) is 0 Å². The number of nitrogens with one attached hydrogen (secondary N) is 1. The molecular formula is C13H16N2O2S. The predicted octanol–water partition coefficient (Wildman–Crippen LogP) is 2.03. The standard InChI is InChI=1S/C13H16N2O2S/c14-10-12-6-1-2-7-13(12)18(16,17)15-9-8-11-4-3-5-11/h1-2,6-7,11,15H,3-5,8-9H2. The number of nitriles is 1. The van der Waals surface area contributed by atoms with Gasteiger partial charge in [-0.2, -0.15) is 5.26 Å². The second-order valence-electron chi connectivity index (χ2n) is 4.59. The molecule has 1 aliphatic rings. The zero-order valence-corrected chi connectivity index (χ0v) is 10.9. The van der Waals surface area contributed by atoms with E-state index < -0.39 is 10.0 Å². The molecule has 0 heterocycles. The lowest BCUT2D eigenvalue weighted by atomic mass is 9.83. The first-order chi connectivity index (χ1) is 8.63. The molecule has 0 bridgehead atoms. The van der Waals surface area contributed by atoms with E-state index in [9.17, 15) is 8.42 Å². The van der Waals surface area contributed by atoms with Gasteiger partial charge in [0.25, 0.3) is 0 Å². The van der Waals surface area contributed by atoms with Crippen LogP contribution in [0.5, 0.6) is 0 Å². The third-order valence-electron chi connectivity index (χ3n) is 3.37. The molecule has 1 aliphatic carbocycles. The van der Waals surface area contributed by atoms with E-state index in [0.29, 0.717) is 12.5 Å². The number of benzene rings is 1. The van der Waals surface area contributed by atoms with Gasteiger partial charge in [0.2, 0.25) is 10.0 Å². The Hall–Kier alpha value is -1.38. The highest BCUT2D eigenvalue weighted by Crippen LogP contribution is 2.28. The molecule has 0 aromatic heterocycles. The minimum Gasteiger partial charge on any atom is -0.211 e. The molecule has 0 saturated heterocycles. The van der Waals surface area contributed by atoms with E-state index in [0.717, 1.165) is 6.42 Å². The first-order valence-electron chi connectivity index (χ1n) is 6.12. The summed E-state index contributed by atoms with van der Waals surface area (Å²) < 4.78 is 26.6. The molecule has 0 unspecified atom stereocenters. The van der Waals surface area contributed by atoms with Gasteiger partial charge in [0, 0.05) is 6.54 Å². The highest BCUT2D eigenvalue weighted by molar-refractivity contribution is 7.89. The van der Waals surface area contributed by atoms with Crippen molar-refractivity contribution in [1.82, 2.24) is 4.72 Å². The molecule has 1 fully saturated rings. The van der Waals surface area contributed by atoms with Crippen LogP contribution >= 0.6 is 0 Å². The number of hydrogen-bond donors (Lipinski definition) is 1. The van der Waals surface area contributed by atoms with Crippen LogP contribution in [0.25, 0.3) is 0 Å². The number of sulfonamides is 1. The summed E-state index contributed by atoms with van der Waals surface area (Å²) in [5.41, 5.74) is 0.189. The van der Waals surface area contributed by atoms with Crippen LogP contribution in [0.4, 0.5) is 0 Å². The van der Waals surface area contributed by atoms with Crippen molar-refractivity contribution < 1.29 is 8.42 Å². The first-order valence-corrected chi connectivity index (χ1v) is 7.60. The molecule has 96 valence electrons. The summed E-state index contributed by atoms with van der Waals surface area (Å²) in [5, 5.41) is 8.90. The third kappa shape index (κ3) is 2.89. The largest absolute Gasteiger partial charge is 0.241 e. The topological polar surface area (TPSA) is 70.0 Å². The van der Waals surface area contributed by atoms with Gasteiger partial charge < -0.3 is 0 Å². The molecule has 0 spiro atoms. The molecule has 5 heteroatoms. The average molecular weight is 264 g/mol. The first kappa shape index (κ1) is 13.1. The molecule has 0 atom stereocenters. The van der Waals surface area contributed by atoms with Crippen LogP contribution in [0.15, 0.2) is 29.2 Å². The van der Waals surface area contributed by atoms with E-state index in [1.165, 1.54) is 31.4 Å². The van der Waals surface area contributed by atoms with E-state index in [-0.39, 0.29) is 10.5 Å². The number of nitrogens with zero attached hydrogens (tertiary/aromatic N) is 1.